The zero-order valence-electron chi connectivity index (χ0n) is 15.2. The lowest BCUT2D eigenvalue weighted by Crippen LogP contribution is -2.28. The molecule has 0 atom stereocenters. The Morgan fingerprint density at radius 1 is 0.786 bits per heavy atom. The molecule has 0 aliphatic heterocycles. The van der Waals surface area contributed by atoms with Gasteiger partial charge in [0.2, 0.25) is 0 Å². The number of hydrogen-bond acceptors (Lipinski definition) is 3. The molecule has 0 unspecified atom stereocenters. The van der Waals surface area contributed by atoms with E-state index < -0.39 is 5.91 Å². The molecule has 5 nitrogen and oxygen atoms in total. The fourth-order valence-electron chi connectivity index (χ4n) is 2.66. The lowest BCUT2D eigenvalue weighted by atomic mass is 10.1. The molecule has 1 aromatic heterocycles. The summed E-state index contributed by atoms with van der Waals surface area (Å²) >= 11 is 0. The van der Waals surface area contributed by atoms with Crippen molar-refractivity contribution in [3.8, 4) is 0 Å². The van der Waals surface area contributed by atoms with Crippen LogP contribution in [0.15, 0.2) is 72.8 Å². The van der Waals surface area contributed by atoms with Crippen LogP contribution in [0.4, 0.5) is 4.39 Å². The molecule has 1 heterocycles. The minimum Gasteiger partial charge on any atom is -0.350 e. The van der Waals surface area contributed by atoms with Crippen LogP contribution in [0.1, 0.15) is 32.1 Å². The van der Waals surface area contributed by atoms with Gasteiger partial charge in [0.05, 0.1) is 0 Å². The third kappa shape index (κ3) is 5.23. The molecule has 28 heavy (non-hydrogen) atoms. The molecule has 2 N–H and O–H groups in total. The number of carbonyl (C=O) groups is 2. The summed E-state index contributed by atoms with van der Waals surface area (Å²) in [5, 5.41) is 5.48. The number of benzene rings is 2. The summed E-state index contributed by atoms with van der Waals surface area (Å²) in [7, 11) is 0. The molecule has 0 saturated heterocycles. The van der Waals surface area contributed by atoms with Crippen LogP contribution in [0.3, 0.4) is 0 Å². The number of carbonyl (C=O) groups excluding carboxylic acids is 2. The van der Waals surface area contributed by atoms with Gasteiger partial charge in [0, 0.05) is 13.1 Å². The molecule has 0 aliphatic rings. The molecule has 6 heteroatoms. The van der Waals surface area contributed by atoms with Gasteiger partial charge in [0.1, 0.15) is 17.2 Å². The van der Waals surface area contributed by atoms with Crippen molar-refractivity contribution in [2.45, 2.75) is 13.0 Å². The molecule has 2 amide bonds. The minimum atomic E-state index is -0.408. The van der Waals surface area contributed by atoms with E-state index in [2.05, 4.69) is 15.6 Å². The molecule has 3 aromatic rings. The average molecular weight is 377 g/mol. The zero-order chi connectivity index (χ0) is 19.8. The van der Waals surface area contributed by atoms with E-state index in [4.69, 9.17) is 0 Å². The highest BCUT2D eigenvalue weighted by Crippen LogP contribution is 2.07. The van der Waals surface area contributed by atoms with E-state index in [9.17, 15) is 14.0 Å². The van der Waals surface area contributed by atoms with Gasteiger partial charge in [-0.1, -0.05) is 54.6 Å². The second kappa shape index (κ2) is 9.41. The molecule has 0 bridgehead atoms. The predicted molar refractivity (Wildman–Crippen MR) is 104 cm³/mol. The SMILES string of the molecule is O=C(NCCc1ccccc1F)c1cccc(C(=O)NCc2ccccc2)n1. The van der Waals surface area contributed by atoms with E-state index in [0.717, 1.165) is 5.56 Å². The predicted octanol–water partition coefficient (Wildman–Crippen LogP) is 3.12. The Balaban J connectivity index is 1.55. The molecular weight excluding hydrogens is 357 g/mol. The standard InChI is InChI=1S/C22H20FN3O2/c23-18-10-5-4-9-17(18)13-14-24-21(27)19-11-6-12-20(26-19)22(28)25-15-16-7-2-1-3-8-16/h1-12H,13-15H2,(H,24,27)(H,25,28). The van der Waals surface area contributed by atoms with Gasteiger partial charge in [0.25, 0.3) is 11.8 Å². The van der Waals surface area contributed by atoms with Crippen LogP contribution in [0.5, 0.6) is 0 Å². The van der Waals surface area contributed by atoms with E-state index in [0.29, 0.717) is 18.5 Å². The Morgan fingerprint density at radius 3 is 2.14 bits per heavy atom. The van der Waals surface area contributed by atoms with Crippen molar-refractivity contribution in [2.24, 2.45) is 0 Å². The number of hydrogen-bond donors (Lipinski definition) is 2. The van der Waals surface area contributed by atoms with E-state index in [1.165, 1.54) is 12.1 Å². The van der Waals surface area contributed by atoms with Crippen LogP contribution in [0.25, 0.3) is 0 Å². The van der Waals surface area contributed by atoms with Crippen LogP contribution >= 0.6 is 0 Å². The lowest BCUT2D eigenvalue weighted by molar-refractivity contribution is 0.0943. The molecule has 0 aliphatic carbocycles. The van der Waals surface area contributed by atoms with Gasteiger partial charge in [-0.3, -0.25) is 9.59 Å². The second-order valence-corrected chi connectivity index (χ2v) is 6.17. The van der Waals surface area contributed by atoms with Crippen LogP contribution in [0, 0.1) is 5.82 Å². The number of nitrogens with one attached hydrogen (secondary N) is 2. The lowest BCUT2D eigenvalue weighted by Gasteiger charge is -2.08. The maximum absolute atomic E-state index is 13.6. The summed E-state index contributed by atoms with van der Waals surface area (Å²) < 4.78 is 13.6. The van der Waals surface area contributed by atoms with Gasteiger partial charge >= 0.3 is 0 Å². The Kier molecular flexibility index (Phi) is 6.46. The zero-order valence-corrected chi connectivity index (χ0v) is 15.2. The van der Waals surface area contributed by atoms with Gasteiger partial charge < -0.3 is 10.6 Å². The van der Waals surface area contributed by atoms with Crippen molar-refractivity contribution in [1.82, 2.24) is 15.6 Å². The van der Waals surface area contributed by atoms with Crippen LogP contribution in [-0.4, -0.2) is 23.3 Å². The van der Waals surface area contributed by atoms with Crippen molar-refractivity contribution in [1.29, 1.82) is 0 Å². The summed E-state index contributed by atoms with van der Waals surface area (Å²) in [5.41, 5.74) is 1.81. The normalized spacial score (nSPS) is 10.3. The third-order valence-corrected chi connectivity index (χ3v) is 4.15. The molecule has 0 spiro atoms. The Bertz CT molecular complexity index is 961. The minimum absolute atomic E-state index is 0.140. The van der Waals surface area contributed by atoms with E-state index in [1.807, 2.05) is 30.3 Å². The first kappa shape index (κ1) is 19.2. The van der Waals surface area contributed by atoms with E-state index in [1.54, 1.807) is 30.3 Å². The highest BCUT2D eigenvalue weighted by atomic mass is 19.1. The summed E-state index contributed by atoms with van der Waals surface area (Å²) in [5.74, 6) is -1.06. The van der Waals surface area contributed by atoms with Crippen LogP contribution < -0.4 is 10.6 Å². The number of amides is 2. The molecule has 142 valence electrons. The van der Waals surface area contributed by atoms with Crippen molar-refractivity contribution >= 4 is 11.8 Å². The smallest absolute Gasteiger partial charge is 0.270 e. The van der Waals surface area contributed by atoms with Gasteiger partial charge in [-0.25, -0.2) is 9.37 Å². The summed E-state index contributed by atoms with van der Waals surface area (Å²) in [6, 6.07) is 20.6. The van der Waals surface area contributed by atoms with Gasteiger partial charge in [-0.05, 0) is 35.7 Å². The summed E-state index contributed by atoms with van der Waals surface area (Å²) in [4.78, 5) is 28.7. The molecule has 0 radical (unpaired) electrons. The summed E-state index contributed by atoms with van der Waals surface area (Å²) in [6.07, 6.45) is 0.371. The van der Waals surface area contributed by atoms with Gasteiger partial charge in [-0.15, -0.1) is 0 Å². The first-order chi connectivity index (χ1) is 13.6. The maximum Gasteiger partial charge on any atom is 0.270 e. The first-order valence-electron chi connectivity index (χ1n) is 8.94. The first-order valence-corrected chi connectivity index (χ1v) is 8.94. The maximum atomic E-state index is 13.6. The molecule has 3 rings (SSSR count). The fourth-order valence-corrected chi connectivity index (χ4v) is 2.66. The molecule has 2 aromatic carbocycles. The number of halogens is 1. The van der Waals surface area contributed by atoms with Crippen molar-refractivity contribution in [2.75, 3.05) is 6.54 Å². The van der Waals surface area contributed by atoms with Crippen molar-refractivity contribution in [3.05, 3.63) is 101 Å². The number of pyridine rings is 1. The summed E-state index contributed by atoms with van der Waals surface area (Å²) in [6.45, 7) is 0.645. The average Bonchev–Trinajstić information content (AvgIpc) is 2.74. The van der Waals surface area contributed by atoms with Crippen LogP contribution in [0.2, 0.25) is 0 Å². The highest BCUT2D eigenvalue weighted by molar-refractivity contribution is 5.96. The molecule has 0 fully saturated rings. The fraction of sp³-hybridized carbons (Fsp3) is 0.136. The van der Waals surface area contributed by atoms with Crippen molar-refractivity contribution in [3.63, 3.8) is 0 Å². The Hall–Kier alpha value is -3.54. The van der Waals surface area contributed by atoms with E-state index >= 15 is 0 Å². The van der Waals surface area contributed by atoms with Gasteiger partial charge in [-0.2, -0.15) is 0 Å². The quantitative estimate of drug-likeness (QED) is 0.665. The van der Waals surface area contributed by atoms with Crippen molar-refractivity contribution < 1.29 is 14.0 Å². The third-order valence-electron chi connectivity index (χ3n) is 4.15. The van der Waals surface area contributed by atoms with Gasteiger partial charge in [0.15, 0.2) is 0 Å². The number of nitrogens with zero attached hydrogens (tertiary/aromatic N) is 1. The molecular formula is C22H20FN3O2. The monoisotopic (exact) mass is 377 g/mol. The van der Waals surface area contributed by atoms with Crippen LogP contribution in [-0.2, 0) is 13.0 Å². The second-order valence-electron chi connectivity index (χ2n) is 6.17. The highest BCUT2D eigenvalue weighted by Gasteiger charge is 2.12. The topological polar surface area (TPSA) is 71.1 Å². The number of aromatic nitrogens is 1. The molecule has 0 saturated carbocycles. The largest absolute Gasteiger partial charge is 0.350 e. The Morgan fingerprint density at radius 2 is 1.43 bits per heavy atom. The van der Waals surface area contributed by atoms with E-state index in [-0.39, 0.29) is 29.7 Å². The number of rotatable bonds is 7. The Labute approximate surface area is 162 Å².